The maximum absolute atomic E-state index is 9.86. The molecule has 0 aliphatic heterocycles. The Kier molecular flexibility index (Phi) is 4.54. The van der Waals surface area contributed by atoms with Gasteiger partial charge in [-0.25, -0.2) is 10.5 Å². The first-order valence-electron chi connectivity index (χ1n) is 2.25. The summed E-state index contributed by atoms with van der Waals surface area (Å²) in [5.41, 5.74) is 6.40. The first kappa shape index (κ1) is 7.62. The molecule has 0 spiro atoms. The van der Waals surface area contributed by atoms with Crippen molar-refractivity contribution in [2.45, 2.75) is 0 Å². The van der Waals surface area contributed by atoms with Crippen molar-refractivity contribution >= 4 is 17.8 Å². The van der Waals surface area contributed by atoms with Crippen molar-refractivity contribution in [2.75, 3.05) is 18.6 Å². The number of carbonyl (C=O) groups excluding carboxylic acids is 1. The molecule has 0 saturated carbocycles. The SMILES string of the molecule is CSCCNC([NH])=O. The number of amides is 2. The average molecular weight is 133 g/mol. The zero-order chi connectivity index (χ0) is 6.41. The lowest BCUT2D eigenvalue weighted by Crippen LogP contribution is -2.24. The second-order valence-corrected chi connectivity index (χ2v) is 2.23. The van der Waals surface area contributed by atoms with Gasteiger partial charge in [0, 0.05) is 12.3 Å². The monoisotopic (exact) mass is 133 g/mol. The summed E-state index contributed by atoms with van der Waals surface area (Å²) in [7, 11) is 0. The summed E-state index contributed by atoms with van der Waals surface area (Å²) in [6.07, 6.45) is 1.95. The van der Waals surface area contributed by atoms with Crippen molar-refractivity contribution in [1.82, 2.24) is 11.1 Å². The van der Waals surface area contributed by atoms with Crippen molar-refractivity contribution in [3.63, 3.8) is 0 Å². The Balaban J connectivity index is 2.82. The first-order chi connectivity index (χ1) is 3.77. The fraction of sp³-hybridized carbons (Fsp3) is 0.750. The molecular formula is C4H9N2OS. The van der Waals surface area contributed by atoms with Gasteiger partial charge in [0.15, 0.2) is 0 Å². The summed E-state index contributed by atoms with van der Waals surface area (Å²) in [5.74, 6) is 0.880. The fourth-order valence-corrected chi connectivity index (χ4v) is 0.573. The van der Waals surface area contributed by atoms with Crippen LogP contribution in [0.15, 0.2) is 0 Å². The molecule has 0 heterocycles. The van der Waals surface area contributed by atoms with Gasteiger partial charge in [-0.1, -0.05) is 0 Å². The molecule has 0 bridgehead atoms. The Morgan fingerprint density at radius 1 is 1.88 bits per heavy atom. The summed E-state index contributed by atoms with van der Waals surface area (Å²) < 4.78 is 0. The highest BCUT2D eigenvalue weighted by atomic mass is 32.2. The van der Waals surface area contributed by atoms with E-state index in [1.54, 1.807) is 11.8 Å². The molecule has 0 aromatic carbocycles. The Bertz CT molecular complexity index is 76.4. The van der Waals surface area contributed by atoms with Gasteiger partial charge < -0.3 is 5.32 Å². The number of thioether (sulfide) groups is 1. The van der Waals surface area contributed by atoms with Gasteiger partial charge in [0.2, 0.25) is 0 Å². The van der Waals surface area contributed by atoms with Crippen LogP contribution < -0.4 is 11.1 Å². The average Bonchev–Trinajstić information content (AvgIpc) is 1.66. The Labute approximate surface area is 53.0 Å². The van der Waals surface area contributed by atoms with Gasteiger partial charge >= 0.3 is 6.03 Å². The highest BCUT2D eigenvalue weighted by Crippen LogP contribution is 1.86. The van der Waals surface area contributed by atoms with Crippen LogP contribution in [0.3, 0.4) is 0 Å². The van der Waals surface area contributed by atoms with Crippen LogP contribution in [0.25, 0.3) is 0 Å². The molecule has 0 unspecified atom stereocenters. The smallest absolute Gasteiger partial charge is 0.333 e. The van der Waals surface area contributed by atoms with E-state index in [1.807, 2.05) is 6.26 Å². The van der Waals surface area contributed by atoms with Crippen LogP contribution in [0.2, 0.25) is 0 Å². The van der Waals surface area contributed by atoms with E-state index in [0.29, 0.717) is 6.54 Å². The second kappa shape index (κ2) is 4.77. The Morgan fingerprint density at radius 2 is 2.50 bits per heavy atom. The number of hydrogen-bond donors (Lipinski definition) is 1. The molecule has 0 atom stereocenters. The van der Waals surface area contributed by atoms with Crippen molar-refractivity contribution in [3.05, 3.63) is 0 Å². The minimum absolute atomic E-state index is 0.601. The topological polar surface area (TPSA) is 52.9 Å². The summed E-state index contributed by atoms with van der Waals surface area (Å²) in [4.78, 5) is 9.86. The Hall–Kier alpha value is -0.380. The van der Waals surface area contributed by atoms with E-state index in [1.165, 1.54) is 0 Å². The summed E-state index contributed by atoms with van der Waals surface area (Å²) in [5, 5.41) is 2.35. The van der Waals surface area contributed by atoms with E-state index in [4.69, 9.17) is 5.73 Å². The predicted octanol–water partition coefficient (Wildman–Crippen LogP) is 0.342. The number of hydrogen-bond acceptors (Lipinski definition) is 2. The molecule has 0 aliphatic rings. The molecule has 4 heteroatoms. The van der Waals surface area contributed by atoms with Crippen LogP contribution in [0.1, 0.15) is 0 Å². The van der Waals surface area contributed by atoms with Crippen LogP contribution in [-0.4, -0.2) is 24.6 Å². The number of nitrogens with one attached hydrogen (secondary N) is 2. The minimum Gasteiger partial charge on any atom is -0.336 e. The summed E-state index contributed by atoms with van der Waals surface area (Å²) in [6.45, 7) is 0.601. The molecule has 47 valence electrons. The van der Waals surface area contributed by atoms with Gasteiger partial charge in [0.1, 0.15) is 0 Å². The maximum Gasteiger partial charge on any atom is 0.333 e. The second-order valence-electron chi connectivity index (χ2n) is 1.25. The van der Waals surface area contributed by atoms with E-state index < -0.39 is 6.03 Å². The lowest BCUT2D eigenvalue weighted by Gasteiger charge is -1.95. The van der Waals surface area contributed by atoms with Gasteiger partial charge in [0.05, 0.1) is 0 Å². The highest BCUT2D eigenvalue weighted by Gasteiger charge is 1.87. The number of urea groups is 1. The van der Waals surface area contributed by atoms with Crippen LogP contribution >= 0.6 is 11.8 Å². The molecule has 0 saturated heterocycles. The zero-order valence-electron chi connectivity index (χ0n) is 4.73. The molecule has 0 aromatic rings. The van der Waals surface area contributed by atoms with Gasteiger partial charge in [-0.05, 0) is 6.26 Å². The third-order valence-corrected chi connectivity index (χ3v) is 1.20. The van der Waals surface area contributed by atoms with E-state index in [2.05, 4.69) is 5.32 Å². The standard InChI is InChI=1S/C4H9N2OS/c1-8-3-2-6-4(5)7/h5H,2-3H2,1H3,(H,6,7). The van der Waals surface area contributed by atoms with Crippen LogP contribution in [-0.2, 0) is 0 Å². The summed E-state index contributed by atoms with van der Waals surface area (Å²) >= 11 is 1.65. The predicted molar refractivity (Wildman–Crippen MR) is 34.9 cm³/mol. The van der Waals surface area contributed by atoms with Crippen molar-refractivity contribution in [3.8, 4) is 0 Å². The largest absolute Gasteiger partial charge is 0.336 e. The molecule has 8 heavy (non-hydrogen) atoms. The fourth-order valence-electron chi connectivity index (χ4n) is 0.267. The third-order valence-electron chi connectivity index (χ3n) is 0.592. The van der Waals surface area contributed by atoms with Crippen molar-refractivity contribution in [1.29, 1.82) is 0 Å². The first-order valence-corrected chi connectivity index (χ1v) is 3.65. The van der Waals surface area contributed by atoms with Gasteiger partial charge in [0.25, 0.3) is 0 Å². The quantitative estimate of drug-likeness (QED) is 0.564. The van der Waals surface area contributed by atoms with E-state index in [0.717, 1.165) is 5.75 Å². The van der Waals surface area contributed by atoms with E-state index >= 15 is 0 Å². The van der Waals surface area contributed by atoms with Crippen LogP contribution in [0.5, 0.6) is 0 Å². The zero-order valence-corrected chi connectivity index (χ0v) is 5.55. The van der Waals surface area contributed by atoms with Gasteiger partial charge in [-0.15, -0.1) is 0 Å². The molecule has 3 nitrogen and oxygen atoms in total. The third kappa shape index (κ3) is 5.62. The molecule has 0 aromatic heterocycles. The normalized spacial score (nSPS) is 8.62. The lowest BCUT2D eigenvalue weighted by atomic mass is 10.7. The molecule has 0 aliphatic carbocycles. The van der Waals surface area contributed by atoms with Crippen LogP contribution in [0.4, 0.5) is 4.79 Å². The number of carbonyl (C=O) groups is 1. The Morgan fingerprint density at radius 3 is 2.88 bits per heavy atom. The van der Waals surface area contributed by atoms with Crippen molar-refractivity contribution < 1.29 is 4.79 Å². The molecule has 2 N–H and O–H groups in total. The molecular weight excluding hydrogens is 124 g/mol. The number of rotatable bonds is 3. The lowest BCUT2D eigenvalue weighted by molar-refractivity contribution is 0.248. The summed E-state index contributed by atoms with van der Waals surface area (Å²) in [6, 6.07) is -0.695. The molecule has 2 amide bonds. The molecule has 0 fully saturated rings. The molecule has 1 radical (unpaired) electrons. The van der Waals surface area contributed by atoms with Crippen molar-refractivity contribution in [2.24, 2.45) is 0 Å². The van der Waals surface area contributed by atoms with Crippen LogP contribution in [0, 0.1) is 0 Å². The highest BCUT2D eigenvalue weighted by molar-refractivity contribution is 7.98. The van der Waals surface area contributed by atoms with Gasteiger partial charge in [-0.2, -0.15) is 11.8 Å². The maximum atomic E-state index is 9.86. The molecule has 0 rings (SSSR count). The van der Waals surface area contributed by atoms with Gasteiger partial charge in [-0.3, -0.25) is 0 Å². The van der Waals surface area contributed by atoms with E-state index in [-0.39, 0.29) is 0 Å². The minimum atomic E-state index is -0.695. The van der Waals surface area contributed by atoms with E-state index in [9.17, 15) is 4.79 Å².